The number of benzene rings is 1. The minimum Gasteiger partial charge on any atom is -0.356 e. The van der Waals surface area contributed by atoms with Crippen LogP contribution in [-0.4, -0.2) is 53.1 Å². The highest BCUT2D eigenvalue weighted by Gasteiger charge is 2.12. The summed E-state index contributed by atoms with van der Waals surface area (Å²) in [6.45, 7) is 3.49. The van der Waals surface area contributed by atoms with E-state index in [1.165, 1.54) is 0 Å². The minimum atomic E-state index is -3.46. The van der Waals surface area contributed by atoms with E-state index in [0.29, 0.717) is 19.0 Å². The summed E-state index contributed by atoms with van der Waals surface area (Å²) in [5, 5.41) is 6.21. The fraction of sp³-hybridized carbons (Fsp3) is 0.500. The Kier molecular flexibility index (Phi) is 11.7. The van der Waals surface area contributed by atoms with Crippen molar-refractivity contribution in [1.82, 2.24) is 15.4 Å². The van der Waals surface area contributed by atoms with Gasteiger partial charge in [-0.05, 0) is 25.3 Å². The number of aliphatic imine (C=N–C) groups is 1. The SMILES string of the molecule is CN=C(NCCNS(=O)(=O)c1ccc(C)cc1)NCCSC.I. The van der Waals surface area contributed by atoms with Crippen LogP contribution in [0.3, 0.4) is 0 Å². The normalized spacial score (nSPS) is 11.7. The molecule has 132 valence electrons. The Hall–Kier alpha value is -0.520. The molecule has 1 aromatic carbocycles. The second-order valence-corrected chi connectivity index (χ2v) is 7.38. The average Bonchev–Trinajstić information content (AvgIpc) is 2.50. The lowest BCUT2D eigenvalue weighted by atomic mass is 10.2. The van der Waals surface area contributed by atoms with Crippen LogP contribution in [0.15, 0.2) is 34.2 Å². The van der Waals surface area contributed by atoms with Crippen molar-refractivity contribution in [2.45, 2.75) is 11.8 Å². The first kappa shape index (κ1) is 22.5. The van der Waals surface area contributed by atoms with Crippen molar-refractivity contribution >= 4 is 51.7 Å². The quantitative estimate of drug-likeness (QED) is 0.231. The van der Waals surface area contributed by atoms with Crippen LogP contribution >= 0.6 is 35.7 Å². The van der Waals surface area contributed by atoms with Gasteiger partial charge in [-0.15, -0.1) is 24.0 Å². The molecule has 9 heteroatoms. The number of guanidine groups is 1. The van der Waals surface area contributed by atoms with Crippen molar-refractivity contribution in [3.8, 4) is 0 Å². The largest absolute Gasteiger partial charge is 0.356 e. The molecule has 0 unspecified atom stereocenters. The van der Waals surface area contributed by atoms with Crippen molar-refractivity contribution in [2.75, 3.05) is 38.7 Å². The molecule has 0 fully saturated rings. The van der Waals surface area contributed by atoms with E-state index in [0.717, 1.165) is 17.9 Å². The number of hydrogen-bond acceptors (Lipinski definition) is 4. The van der Waals surface area contributed by atoms with Gasteiger partial charge in [-0.3, -0.25) is 4.99 Å². The molecule has 0 aromatic heterocycles. The third kappa shape index (κ3) is 8.77. The van der Waals surface area contributed by atoms with Crippen LogP contribution in [0.1, 0.15) is 5.56 Å². The van der Waals surface area contributed by atoms with Crippen molar-refractivity contribution in [3.63, 3.8) is 0 Å². The van der Waals surface area contributed by atoms with E-state index >= 15 is 0 Å². The molecule has 0 radical (unpaired) electrons. The molecule has 1 aromatic rings. The van der Waals surface area contributed by atoms with Crippen LogP contribution < -0.4 is 15.4 Å². The number of nitrogens with zero attached hydrogens (tertiary/aromatic N) is 1. The van der Waals surface area contributed by atoms with E-state index in [4.69, 9.17) is 0 Å². The number of nitrogens with one attached hydrogen (secondary N) is 3. The molecule has 0 bridgehead atoms. The molecule has 0 aliphatic carbocycles. The lowest BCUT2D eigenvalue weighted by Crippen LogP contribution is -2.42. The van der Waals surface area contributed by atoms with Crippen molar-refractivity contribution < 1.29 is 8.42 Å². The number of halogens is 1. The highest BCUT2D eigenvalue weighted by molar-refractivity contribution is 14.0. The second-order valence-electron chi connectivity index (χ2n) is 4.63. The number of thioether (sulfide) groups is 1. The molecule has 0 saturated heterocycles. The van der Waals surface area contributed by atoms with Gasteiger partial charge < -0.3 is 10.6 Å². The Morgan fingerprint density at radius 1 is 1.13 bits per heavy atom. The van der Waals surface area contributed by atoms with Crippen LogP contribution in [0.5, 0.6) is 0 Å². The summed E-state index contributed by atoms with van der Waals surface area (Å²) >= 11 is 1.75. The predicted molar refractivity (Wildman–Crippen MR) is 110 cm³/mol. The van der Waals surface area contributed by atoms with Crippen LogP contribution in [0.4, 0.5) is 0 Å². The third-order valence-electron chi connectivity index (χ3n) is 2.86. The van der Waals surface area contributed by atoms with E-state index in [-0.39, 0.29) is 28.9 Å². The van der Waals surface area contributed by atoms with Gasteiger partial charge in [-0.25, -0.2) is 13.1 Å². The third-order valence-corrected chi connectivity index (χ3v) is 4.95. The van der Waals surface area contributed by atoms with Gasteiger partial charge in [0, 0.05) is 32.4 Å². The maximum absolute atomic E-state index is 12.1. The zero-order valence-corrected chi connectivity index (χ0v) is 17.6. The maximum Gasteiger partial charge on any atom is 0.240 e. The lowest BCUT2D eigenvalue weighted by molar-refractivity contribution is 0.580. The first-order valence-electron chi connectivity index (χ1n) is 6.99. The number of sulfonamides is 1. The second kappa shape index (κ2) is 11.9. The molecule has 0 aliphatic heterocycles. The number of rotatable bonds is 8. The van der Waals surface area contributed by atoms with E-state index < -0.39 is 10.0 Å². The number of hydrogen-bond donors (Lipinski definition) is 3. The van der Waals surface area contributed by atoms with E-state index in [1.807, 2.05) is 13.2 Å². The van der Waals surface area contributed by atoms with Crippen LogP contribution in [0.25, 0.3) is 0 Å². The first-order valence-corrected chi connectivity index (χ1v) is 9.87. The molecule has 3 N–H and O–H groups in total. The topological polar surface area (TPSA) is 82.6 Å². The fourth-order valence-electron chi connectivity index (χ4n) is 1.66. The highest BCUT2D eigenvalue weighted by Crippen LogP contribution is 2.09. The summed E-state index contributed by atoms with van der Waals surface area (Å²) in [5.74, 6) is 1.66. The van der Waals surface area contributed by atoms with Gasteiger partial charge in [0.2, 0.25) is 10.0 Å². The van der Waals surface area contributed by atoms with E-state index in [9.17, 15) is 8.42 Å². The molecule has 0 spiro atoms. The highest BCUT2D eigenvalue weighted by atomic mass is 127. The van der Waals surface area contributed by atoms with Gasteiger partial charge in [0.15, 0.2) is 5.96 Å². The van der Waals surface area contributed by atoms with Crippen LogP contribution in [-0.2, 0) is 10.0 Å². The van der Waals surface area contributed by atoms with Gasteiger partial charge >= 0.3 is 0 Å². The average molecular weight is 472 g/mol. The van der Waals surface area contributed by atoms with Crippen LogP contribution in [0, 0.1) is 6.92 Å². The first-order chi connectivity index (χ1) is 10.5. The van der Waals surface area contributed by atoms with Crippen molar-refractivity contribution in [1.29, 1.82) is 0 Å². The Morgan fingerprint density at radius 3 is 2.30 bits per heavy atom. The summed E-state index contributed by atoms with van der Waals surface area (Å²) in [6.07, 6.45) is 2.04. The molecule has 0 saturated carbocycles. The molecule has 0 amide bonds. The number of aryl methyl sites for hydroxylation is 1. The van der Waals surface area contributed by atoms with Crippen molar-refractivity contribution in [2.24, 2.45) is 4.99 Å². The van der Waals surface area contributed by atoms with Gasteiger partial charge in [-0.2, -0.15) is 11.8 Å². The fourth-order valence-corrected chi connectivity index (χ4v) is 3.00. The van der Waals surface area contributed by atoms with Gasteiger partial charge in [0.25, 0.3) is 0 Å². The molecule has 1 rings (SSSR count). The Bertz CT molecular complexity index is 577. The molecule has 6 nitrogen and oxygen atoms in total. The van der Waals surface area contributed by atoms with E-state index in [2.05, 4.69) is 20.3 Å². The van der Waals surface area contributed by atoms with Gasteiger partial charge in [0.05, 0.1) is 4.90 Å². The Morgan fingerprint density at radius 2 is 1.74 bits per heavy atom. The predicted octanol–water partition coefficient (Wildman–Crippen LogP) is 1.42. The van der Waals surface area contributed by atoms with Crippen molar-refractivity contribution in [3.05, 3.63) is 29.8 Å². The monoisotopic (exact) mass is 472 g/mol. The van der Waals surface area contributed by atoms with E-state index in [1.54, 1.807) is 43.1 Å². The zero-order chi connectivity index (χ0) is 16.4. The standard InChI is InChI=1S/C14H24N4O2S2.HI/c1-12-4-6-13(7-5-12)22(19,20)18-9-8-16-14(15-2)17-10-11-21-3;/h4-7,18H,8-11H2,1-3H3,(H2,15,16,17);1H. The summed E-state index contributed by atoms with van der Waals surface area (Å²) in [4.78, 5) is 4.35. The summed E-state index contributed by atoms with van der Waals surface area (Å²) < 4.78 is 26.7. The zero-order valence-electron chi connectivity index (χ0n) is 13.6. The minimum absolute atomic E-state index is 0. The molecular formula is C14H25IN4O2S2. The Balaban J connectivity index is 0.00000484. The van der Waals surface area contributed by atoms with Gasteiger partial charge in [-0.1, -0.05) is 17.7 Å². The lowest BCUT2D eigenvalue weighted by Gasteiger charge is -2.12. The molecule has 0 aliphatic rings. The smallest absolute Gasteiger partial charge is 0.240 e. The summed E-state index contributed by atoms with van der Waals surface area (Å²) in [6, 6.07) is 6.77. The molecule has 0 atom stereocenters. The molecule has 23 heavy (non-hydrogen) atoms. The summed E-state index contributed by atoms with van der Waals surface area (Å²) in [5.41, 5.74) is 1.03. The van der Waals surface area contributed by atoms with Crippen LogP contribution in [0.2, 0.25) is 0 Å². The molecule has 0 heterocycles. The van der Waals surface area contributed by atoms with Gasteiger partial charge in [0.1, 0.15) is 0 Å². The molecular weight excluding hydrogens is 447 g/mol. The maximum atomic E-state index is 12.1. The summed E-state index contributed by atoms with van der Waals surface area (Å²) in [7, 11) is -1.77. The Labute approximate surface area is 160 Å².